The summed E-state index contributed by atoms with van der Waals surface area (Å²) in [6.45, 7) is 10.4. The van der Waals surface area contributed by atoms with Gasteiger partial charge in [-0.15, -0.1) is 6.58 Å². The van der Waals surface area contributed by atoms with Crippen LogP contribution in [0.1, 0.15) is 31.4 Å². The van der Waals surface area contributed by atoms with Gasteiger partial charge in [0.25, 0.3) is 0 Å². The van der Waals surface area contributed by atoms with Crippen LogP contribution in [0.25, 0.3) is 0 Å². The molecule has 24 heavy (non-hydrogen) atoms. The maximum Gasteiger partial charge on any atom is 0.191 e. The van der Waals surface area contributed by atoms with Crippen molar-refractivity contribution in [1.82, 2.24) is 15.5 Å². The van der Waals surface area contributed by atoms with Crippen LogP contribution < -0.4 is 15.4 Å². The molecule has 1 aliphatic heterocycles. The van der Waals surface area contributed by atoms with E-state index in [1.165, 1.54) is 18.4 Å². The zero-order valence-corrected chi connectivity index (χ0v) is 14.9. The first-order valence-electron chi connectivity index (χ1n) is 8.79. The van der Waals surface area contributed by atoms with E-state index in [1.54, 1.807) is 7.11 Å². The normalized spacial score (nSPS) is 16.7. The average molecular weight is 330 g/mol. The number of methoxy groups -OCH3 is 1. The number of benzene rings is 1. The van der Waals surface area contributed by atoms with Crippen molar-refractivity contribution in [3.8, 4) is 5.75 Å². The fourth-order valence-corrected chi connectivity index (χ4v) is 3.02. The zero-order valence-electron chi connectivity index (χ0n) is 14.9. The van der Waals surface area contributed by atoms with Crippen LogP contribution in [-0.4, -0.2) is 50.7 Å². The van der Waals surface area contributed by atoms with E-state index in [1.807, 2.05) is 12.1 Å². The number of hydrogen-bond acceptors (Lipinski definition) is 3. The number of hydrogen-bond donors (Lipinski definition) is 2. The molecular weight excluding hydrogens is 300 g/mol. The topological polar surface area (TPSA) is 48.9 Å². The van der Waals surface area contributed by atoms with Crippen LogP contribution in [0.4, 0.5) is 0 Å². The summed E-state index contributed by atoms with van der Waals surface area (Å²) in [6, 6.07) is 8.63. The van der Waals surface area contributed by atoms with Gasteiger partial charge in [0.1, 0.15) is 5.75 Å². The minimum Gasteiger partial charge on any atom is -0.497 e. The Hall–Kier alpha value is -2.01. The number of nitrogens with zero attached hydrogens (tertiary/aromatic N) is 2. The number of likely N-dealkylation sites (tertiary alicyclic amines) is 1. The third kappa shape index (κ3) is 5.27. The first-order valence-corrected chi connectivity index (χ1v) is 8.79. The summed E-state index contributed by atoms with van der Waals surface area (Å²) in [7, 11) is 1.71. The Kier molecular flexibility index (Phi) is 7.62. The second-order valence-corrected chi connectivity index (χ2v) is 5.92. The fraction of sp³-hybridized carbons (Fsp3) is 0.526. The predicted molar refractivity (Wildman–Crippen MR) is 101 cm³/mol. The Labute approximate surface area is 145 Å². The number of ether oxygens (including phenoxy) is 1. The first-order chi connectivity index (χ1) is 11.8. The molecule has 1 atom stereocenters. The Bertz CT molecular complexity index is 538. The van der Waals surface area contributed by atoms with Crippen molar-refractivity contribution in [2.45, 2.75) is 25.8 Å². The molecule has 1 saturated heterocycles. The maximum absolute atomic E-state index is 5.39. The molecule has 0 saturated carbocycles. The van der Waals surface area contributed by atoms with E-state index in [2.05, 4.69) is 47.2 Å². The predicted octanol–water partition coefficient (Wildman–Crippen LogP) is 2.57. The number of rotatable bonds is 8. The van der Waals surface area contributed by atoms with Crippen molar-refractivity contribution in [3.05, 3.63) is 42.5 Å². The molecular formula is C19H30N4O. The van der Waals surface area contributed by atoms with Crippen molar-refractivity contribution in [2.75, 3.05) is 39.8 Å². The molecule has 2 N–H and O–H groups in total. The van der Waals surface area contributed by atoms with E-state index < -0.39 is 0 Å². The SMILES string of the molecule is C=CCNC(=NCC(c1cccc(OC)c1)N1CCCC1)NCC. The summed E-state index contributed by atoms with van der Waals surface area (Å²) >= 11 is 0. The van der Waals surface area contributed by atoms with E-state index in [-0.39, 0.29) is 6.04 Å². The van der Waals surface area contributed by atoms with E-state index in [0.29, 0.717) is 6.54 Å². The quantitative estimate of drug-likeness (QED) is 0.437. The van der Waals surface area contributed by atoms with Gasteiger partial charge in [0.05, 0.1) is 19.7 Å². The Morgan fingerprint density at radius 2 is 2.17 bits per heavy atom. The van der Waals surface area contributed by atoms with Crippen LogP contribution in [0, 0.1) is 0 Å². The van der Waals surface area contributed by atoms with E-state index in [0.717, 1.165) is 37.9 Å². The van der Waals surface area contributed by atoms with Gasteiger partial charge in [-0.1, -0.05) is 18.2 Å². The van der Waals surface area contributed by atoms with Gasteiger partial charge in [0.2, 0.25) is 0 Å². The molecule has 0 amide bonds. The van der Waals surface area contributed by atoms with Crippen molar-refractivity contribution < 1.29 is 4.74 Å². The van der Waals surface area contributed by atoms with E-state index >= 15 is 0 Å². The summed E-state index contributed by atoms with van der Waals surface area (Å²) in [5.74, 6) is 1.74. The van der Waals surface area contributed by atoms with Gasteiger partial charge in [-0.25, -0.2) is 0 Å². The van der Waals surface area contributed by atoms with Gasteiger partial charge >= 0.3 is 0 Å². The smallest absolute Gasteiger partial charge is 0.191 e. The van der Waals surface area contributed by atoms with Crippen LogP contribution in [0.3, 0.4) is 0 Å². The summed E-state index contributed by atoms with van der Waals surface area (Å²) in [4.78, 5) is 7.32. The van der Waals surface area contributed by atoms with Crippen LogP contribution >= 0.6 is 0 Å². The number of guanidine groups is 1. The van der Waals surface area contributed by atoms with Crippen LogP contribution in [0.15, 0.2) is 41.9 Å². The summed E-state index contributed by atoms with van der Waals surface area (Å²) in [5, 5.41) is 6.55. The molecule has 0 spiro atoms. The van der Waals surface area contributed by atoms with Crippen LogP contribution in [-0.2, 0) is 0 Å². The molecule has 132 valence electrons. The molecule has 1 aromatic carbocycles. The summed E-state index contributed by atoms with van der Waals surface area (Å²) < 4.78 is 5.39. The second kappa shape index (κ2) is 9.98. The monoisotopic (exact) mass is 330 g/mol. The van der Waals surface area contributed by atoms with Crippen LogP contribution in [0.2, 0.25) is 0 Å². The molecule has 0 radical (unpaired) electrons. The number of aliphatic imine (C=N–C) groups is 1. The molecule has 0 bridgehead atoms. The first kappa shape index (κ1) is 18.3. The van der Waals surface area contributed by atoms with E-state index in [4.69, 9.17) is 9.73 Å². The highest BCUT2D eigenvalue weighted by molar-refractivity contribution is 5.79. The molecule has 2 rings (SSSR count). The minimum atomic E-state index is 0.279. The third-order valence-corrected chi connectivity index (χ3v) is 4.24. The van der Waals surface area contributed by atoms with Crippen LogP contribution in [0.5, 0.6) is 5.75 Å². The molecule has 1 aliphatic rings. The van der Waals surface area contributed by atoms with E-state index in [9.17, 15) is 0 Å². The highest BCUT2D eigenvalue weighted by atomic mass is 16.5. The average Bonchev–Trinajstić information content (AvgIpc) is 3.14. The standard InChI is InChI=1S/C19H30N4O/c1-4-11-21-19(20-5-2)22-15-18(23-12-6-7-13-23)16-9-8-10-17(14-16)24-3/h4,8-10,14,18H,1,5-7,11-13,15H2,2-3H3,(H2,20,21,22). The zero-order chi connectivity index (χ0) is 17.2. The lowest BCUT2D eigenvalue weighted by molar-refractivity contribution is 0.251. The van der Waals surface area contributed by atoms with Gasteiger partial charge < -0.3 is 15.4 Å². The minimum absolute atomic E-state index is 0.279. The summed E-state index contributed by atoms with van der Waals surface area (Å²) in [6.07, 6.45) is 4.37. The third-order valence-electron chi connectivity index (χ3n) is 4.24. The molecule has 5 nitrogen and oxygen atoms in total. The molecule has 0 aliphatic carbocycles. The Morgan fingerprint density at radius 1 is 1.38 bits per heavy atom. The molecule has 0 aromatic heterocycles. The fourth-order valence-electron chi connectivity index (χ4n) is 3.02. The molecule has 1 aromatic rings. The Balaban J connectivity index is 2.17. The molecule has 5 heteroatoms. The lowest BCUT2D eigenvalue weighted by Crippen LogP contribution is -2.38. The van der Waals surface area contributed by atoms with Gasteiger partial charge in [0.15, 0.2) is 5.96 Å². The van der Waals surface area contributed by atoms with Crippen molar-refractivity contribution in [2.24, 2.45) is 4.99 Å². The number of nitrogens with one attached hydrogen (secondary N) is 2. The Morgan fingerprint density at radius 3 is 2.83 bits per heavy atom. The second-order valence-electron chi connectivity index (χ2n) is 5.92. The highest BCUT2D eigenvalue weighted by Crippen LogP contribution is 2.27. The highest BCUT2D eigenvalue weighted by Gasteiger charge is 2.23. The van der Waals surface area contributed by atoms with Gasteiger partial charge in [-0.05, 0) is 50.6 Å². The molecule has 1 fully saturated rings. The maximum atomic E-state index is 5.39. The molecule has 1 unspecified atom stereocenters. The van der Waals surface area contributed by atoms with Gasteiger partial charge in [-0.2, -0.15) is 0 Å². The largest absolute Gasteiger partial charge is 0.497 e. The van der Waals surface area contributed by atoms with Crippen molar-refractivity contribution >= 4 is 5.96 Å². The van der Waals surface area contributed by atoms with Gasteiger partial charge in [-0.3, -0.25) is 9.89 Å². The lowest BCUT2D eigenvalue weighted by atomic mass is 10.1. The van der Waals surface area contributed by atoms with Crippen molar-refractivity contribution in [1.29, 1.82) is 0 Å². The van der Waals surface area contributed by atoms with Gasteiger partial charge in [0, 0.05) is 13.1 Å². The lowest BCUT2D eigenvalue weighted by Gasteiger charge is -2.27. The molecule has 1 heterocycles. The van der Waals surface area contributed by atoms with Crippen molar-refractivity contribution in [3.63, 3.8) is 0 Å². The summed E-state index contributed by atoms with van der Waals surface area (Å²) in [5.41, 5.74) is 1.26.